The molecule has 1 fully saturated rings. The molecule has 0 atom stereocenters. The molecule has 4 heteroatoms. The third-order valence-corrected chi connectivity index (χ3v) is 4.97. The van der Waals surface area contributed by atoms with Crippen molar-refractivity contribution < 1.29 is 4.39 Å². The smallest absolute Gasteiger partial charge is 0.184 e. The molecule has 102 valence electrons. The van der Waals surface area contributed by atoms with Gasteiger partial charge in [0.25, 0.3) is 0 Å². The summed E-state index contributed by atoms with van der Waals surface area (Å²) in [4.78, 5) is 4.53. The minimum atomic E-state index is -0.192. The van der Waals surface area contributed by atoms with Crippen LogP contribution in [-0.4, -0.2) is 11.0 Å². The van der Waals surface area contributed by atoms with E-state index in [1.54, 1.807) is 23.5 Å². The third-order valence-electron chi connectivity index (χ3n) is 4.02. The van der Waals surface area contributed by atoms with Gasteiger partial charge in [0.1, 0.15) is 5.82 Å². The number of thiazole rings is 1. The van der Waals surface area contributed by atoms with E-state index in [0.29, 0.717) is 11.5 Å². The Morgan fingerprint density at radius 1 is 1.32 bits per heavy atom. The summed E-state index contributed by atoms with van der Waals surface area (Å²) in [6.45, 7) is 4.67. The maximum Gasteiger partial charge on any atom is 0.184 e. The number of hydrogen-bond acceptors (Lipinski definition) is 3. The first-order chi connectivity index (χ1) is 9.02. The lowest BCUT2D eigenvalue weighted by Crippen LogP contribution is -2.29. The van der Waals surface area contributed by atoms with Crippen LogP contribution in [0.3, 0.4) is 0 Å². The highest BCUT2D eigenvalue weighted by Crippen LogP contribution is 2.37. The quantitative estimate of drug-likeness (QED) is 0.852. The molecule has 2 nitrogen and oxygen atoms in total. The number of aromatic nitrogens is 1. The van der Waals surface area contributed by atoms with Crippen molar-refractivity contribution in [2.24, 2.45) is 5.41 Å². The second-order valence-corrected chi connectivity index (χ2v) is 7.24. The first kappa shape index (κ1) is 12.9. The van der Waals surface area contributed by atoms with Gasteiger partial charge in [-0.25, -0.2) is 9.37 Å². The van der Waals surface area contributed by atoms with Gasteiger partial charge in [-0.2, -0.15) is 0 Å². The molecule has 1 heterocycles. The first-order valence-corrected chi connectivity index (χ1v) is 7.66. The van der Waals surface area contributed by atoms with Gasteiger partial charge in [0.15, 0.2) is 5.13 Å². The van der Waals surface area contributed by atoms with Gasteiger partial charge in [0, 0.05) is 6.04 Å². The monoisotopic (exact) mass is 278 g/mol. The molecule has 1 saturated carbocycles. The standard InChI is InChI=1S/C15H19FN2S/c1-15(2)7-5-11(6-8-15)17-14-18-12-4-3-10(16)9-13(12)19-14/h3-4,9,11H,5-8H2,1-2H3,(H,17,18). The Kier molecular flexibility index (Phi) is 3.21. The van der Waals surface area contributed by atoms with Crippen LogP contribution in [0.4, 0.5) is 9.52 Å². The second kappa shape index (κ2) is 4.75. The van der Waals surface area contributed by atoms with Crippen molar-refractivity contribution in [2.45, 2.75) is 45.6 Å². The Morgan fingerprint density at radius 2 is 2.05 bits per heavy atom. The fourth-order valence-electron chi connectivity index (χ4n) is 2.68. The highest BCUT2D eigenvalue weighted by molar-refractivity contribution is 7.22. The molecule has 19 heavy (non-hydrogen) atoms. The van der Waals surface area contributed by atoms with Crippen LogP contribution in [0.25, 0.3) is 10.2 Å². The minimum Gasteiger partial charge on any atom is -0.359 e. The second-order valence-electron chi connectivity index (χ2n) is 6.21. The normalized spacial score (nSPS) is 19.7. The number of fused-ring (bicyclic) bond motifs is 1. The van der Waals surface area contributed by atoms with Crippen molar-refractivity contribution in [2.75, 3.05) is 5.32 Å². The molecule has 0 aliphatic heterocycles. The SMILES string of the molecule is CC1(C)CCC(Nc2nc3ccc(F)cc3s2)CC1. The van der Waals surface area contributed by atoms with Crippen LogP contribution in [0.1, 0.15) is 39.5 Å². The summed E-state index contributed by atoms with van der Waals surface area (Å²) in [5.41, 5.74) is 1.36. The van der Waals surface area contributed by atoms with Crippen LogP contribution in [0.15, 0.2) is 18.2 Å². The van der Waals surface area contributed by atoms with E-state index in [1.807, 2.05) is 0 Å². The van der Waals surface area contributed by atoms with Crippen LogP contribution in [0.5, 0.6) is 0 Å². The van der Waals surface area contributed by atoms with Gasteiger partial charge < -0.3 is 5.32 Å². The number of nitrogens with zero attached hydrogens (tertiary/aromatic N) is 1. The number of benzene rings is 1. The first-order valence-electron chi connectivity index (χ1n) is 6.84. The molecule has 0 saturated heterocycles. The molecule has 1 aromatic carbocycles. The van der Waals surface area contributed by atoms with Gasteiger partial charge in [-0.3, -0.25) is 0 Å². The molecule has 0 unspecified atom stereocenters. The Hall–Kier alpha value is -1.16. The molecule has 0 spiro atoms. The Labute approximate surface area is 117 Å². The van der Waals surface area contributed by atoms with E-state index in [1.165, 1.54) is 31.7 Å². The van der Waals surface area contributed by atoms with E-state index < -0.39 is 0 Å². The summed E-state index contributed by atoms with van der Waals surface area (Å²) < 4.78 is 14.1. The van der Waals surface area contributed by atoms with Crippen LogP contribution in [-0.2, 0) is 0 Å². The van der Waals surface area contributed by atoms with Gasteiger partial charge in [0.05, 0.1) is 10.2 Å². The Balaban J connectivity index is 1.72. The maximum absolute atomic E-state index is 13.1. The van der Waals surface area contributed by atoms with Crippen LogP contribution in [0, 0.1) is 11.2 Å². The fraction of sp³-hybridized carbons (Fsp3) is 0.533. The summed E-state index contributed by atoms with van der Waals surface area (Å²) in [6, 6.07) is 5.28. The molecular weight excluding hydrogens is 259 g/mol. The molecule has 1 aliphatic rings. The van der Waals surface area contributed by atoms with E-state index in [0.717, 1.165) is 15.3 Å². The van der Waals surface area contributed by atoms with Crippen molar-refractivity contribution in [1.82, 2.24) is 4.98 Å². The Morgan fingerprint density at radius 3 is 2.79 bits per heavy atom. The number of hydrogen-bond donors (Lipinski definition) is 1. The van der Waals surface area contributed by atoms with Gasteiger partial charge in [0.2, 0.25) is 0 Å². The summed E-state index contributed by atoms with van der Waals surface area (Å²) in [6.07, 6.45) is 4.89. The van der Waals surface area contributed by atoms with Crippen molar-refractivity contribution >= 4 is 26.7 Å². The zero-order valence-corrected chi connectivity index (χ0v) is 12.2. The van der Waals surface area contributed by atoms with Gasteiger partial charge >= 0.3 is 0 Å². The number of rotatable bonds is 2. The van der Waals surface area contributed by atoms with Gasteiger partial charge in [-0.1, -0.05) is 25.2 Å². The highest BCUT2D eigenvalue weighted by Gasteiger charge is 2.27. The fourth-order valence-corrected chi connectivity index (χ4v) is 3.65. The predicted octanol–water partition coefficient (Wildman–Crippen LogP) is 4.82. The lowest BCUT2D eigenvalue weighted by molar-refractivity contribution is 0.232. The van der Waals surface area contributed by atoms with E-state index in [4.69, 9.17) is 0 Å². The molecule has 0 bridgehead atoms. The van der Waals surface area contributed by atoms with E-state index in [9.17, 15) is 4.39 Å². The molecule has 3 rings (SSSR count). The number of anilines is 1. The lowest BCUT2D eigenvalue weighted by atomic mass is 9.76. The van der Waals surface area contributed by atoms with Crippen LogP contribution >= 0.6 is 11.3 Å². The summed E-state index contributed by atoms with van der Waals surface area (Å²) >= 11 is 1.54. The minimum absolute atomic E-state index is 0.192. The highest BCUT2D eigenvalue weighted by atomic mass is 32.1. The third kappa shape index (κ3) is 2.89. The van der Waals surface area contributed by atoms with E-state index >= 15 is 0 Å². The molecule has 1 aliphatic carbocycles. The number of nitrogens with one attached hydrogen (secondary N) is 1. The number of halogens is 1. The van der Waals surface area contributed by atoms with Crippen molar-refractivity contribution in [3.63, 3.8) is 0 Å². The molecule has 1 N–H and O–H groups in total. The average molecular weight is 278 g/mol. The van der Waals surface area contributed by atoms with Crippen molar-refractivity contribution in [3.8, 4) is 0 Å². The lowest BCUT2D eigenvalue weighted by Gasteiger charge is -2.34. The van der Waals surface area contributed by atoms with E-state index in [2.05, 4.69) is 24.1 Å². The van der Waals surface area contributed by atoms with Gasteiger partial charge in [-0.05, 0) is 49.3 Å². The summed E-state index contributed by atoms with van der Waals surface area (Å²) in [7, 11) is 0. The molecule has 0 amide bonds. The molecule has 2 aromatic rings. The molecule has 0 radical (unpaired) electrons. The summed E-state index contributed by atoms with van der Waals surface area (Å²) in [5, 5.41) is 4.43. The Bertz CT molecular complexity index is 581. The molecular formula is C15H19FN2S. The van der Waals surface area contributed by atoms with Gasteiger partial charge in [-0.15, -0.1) is 0 Å². The van der Waals surface area contributed by atoms with Crippen LogP contribution in [0.2, 0.25) is 0 Å². The maximum atomic E-state index is 13.1. The van der Waals surface area contributed by atoms with E-state index in [-0.39, 0.29) is 5.82 Å². The topological polar surface area (TPSA) is 24.9 Å². The zero-order chi connectivity index (χ0) is 13.5. The van der Waals surface area contributed by atoms with Crippen LogP contribution < -0.4 is 5.32 Å². The van der Waals surface area contributed by atoms with Crippen molar-refractivity contribution in [3.05, 3.63) is 24.0 Å². The molecule has 1 aromatic heterocycles. The average Bonchev–Trinajstić information content (AvgIpc) is 2.73. The predicted molar refractivity (Wildman–Crippen MR) is 79.2 cm³/mol. The summed E-state index contributed by atoms with van der Waals surface area (Å²) in [5.74, 6) is -0.192. The largest absolute Gasteiger partial charge is 0.359 e. The zero-order valence-electron chi connectivity index (χ0n) is 11.4. The van der Waals surface area contributed by atoms with Crippen molar-refractivity contribution in [1.29, 1.82) is 0 Å².